The van der Waals surface area contributed by atoms with Crippen molar-refractivity contribution in [2.45, 2.75) is 67.2 Å². The predicted molar refractivity (Wildman–Crippen MR) is 111 cm³/mol. The molecule has 0 aliphatic heterocycles. The summed E-state index contributed by atoms with van der Waals surface area (Å²) in [7, 11) is 0. The van der Waals surface area contributed by atoms with Gasteiger partial charge in [0.2, 0.25) is 0 Å². The van der Waals surface area contributed by atoms with Crippen molar-refractivity contribution in [1.29, 1.82) is 0 Å². The molecular weight excluding hydrogens is 308 g/mol. The molecule has 0 amide bonds. The van der Waals surface area contributed by atoms with Crippen LogP contribution < -0.4 is 0 Å². The maximum absolute atomic E-state index is 10.2. The van der Waals surface area contributed by atoms with E-state index < -0.39 is 0 Å². The summed E-state index contributed by atoms with van der Waals surface area (Å²) in [5, 5.41) is 0. The molecule has 1 rings (SSSR count). The number of rotatable bonds is 8. The Morgan fingerprint density at radius 2 is 1.36 bits per heavy atom. The minimum atomic E-state index is 0.218. The minimum absolute atomic E-state index is 0.218. The second kappa shape index (κ2) is 18.5. The molecule has 0 fully saturated rings. The second-order valence-electron chi connectivity index (χ2n) is 6.84. The first-order valence-corrected chi connectivity index (χ1v) is 9.15. The first-order valence-electron chi connectivity index (χ1n) is 9.15. The Balaban J connectivity index is 0. The van der Waals surface area contributed by atoms with Crippen LogP contribution in [0.1, 0.15) is 67.2 Å². The Morgan fingerprint density at radius 1 is 0.920 bits per heavy atom. The molecule has 2 atom stereocenters. The fraction of sp³-hybridized carbons (Fsp3) is 0.522. The van der Waals surface area contributed by atoms with Gasteiger partial charge in [0.25, 0.3) is 0 Å². The average Bonchev–Trinajstić information content (AvgIpc) is 3.14. The van der Waals surface area contributed by atoms with E-state index in [0.717, 1.165) is 19.1 Å². The summed E-state index contributed by atoms with van der Waals surface area (Å²) in [5.74, 6) is 0.881. The molecule has 0 aliphatic carbocycles. The third-order valence-electron chi connectivity index (χ3n) is 3.41. The van der Waals surface area contributed by atoms with Gasteiger partial charge in [0.1, 0.15) is 6.29 Å². The summed E-state index contributed by atoms with van der Waals surface area (Å²) in [5.41, 5.74) is 2.74. The average molecular weight is 347 g/mol. The number of carbonyl (C=O) groups is 1. The maximum atomic E-state index is 10.2. The Morgan fingerprint density at radius 3 is 1.64 bits per heavy atom. The molecule has 0 saturated carbocycles. The highest BCUT2D eigenvalue weighted by Gasteiger charge is 1.95. The van der Waals surface area contributed by atoms with Crippen LogP contribution in [-0.4, -0.2) is 6.29 Å². The molecule has 1 heterocycles. The van der Waals surface area contributed by atoms with Crippen molar-refractivity contribution in [1.82, 2.24) is 0 Å². The highest BCUT2D eigenvalue weighted by atomic mass is 16.3. The zero-order chi connectivity index (χ0) is 19.5. The fourth-order valence-electron chi connectivity index (χ4n) is 1.68. The van der Waals surface area contributed by atoms with Crippen LogP contribution in [0.2, 0.25) is 0 Å². The molecule has 25 heavy (non-hydrogen) atoms. The maximum Gasteiger partial charge on any atom is 0.122 e. The van der Waals surface area contributed by atoms with Gasteiger partial charge in [-0.3, -0.25) is 0 Å². The van der Waals surface area contributed by atoms with Crippen molar-refractivity contribution in [3.05, 3.63) is 60.6 Å². The predicted octanol–water partition coefficient (Wildman–Crippen LogP) is 7.40. The van der Waals surface area contributed by atoms with Crippen LogP contribution >= 0.6 is 0 Å². The lowest BCUT2D eigenvalue weighted by molar-refractivity contribution is -0.110. The Hall–Kier alpha value is -1.83. The van der Waals surface area contributed by atoms with Crippen molar-refractivity contribution in [2.75, 3.05) is 0 Å². The van der Waals surface area contributed by atoms with Crippen LogP contribution in [0.3, 0.4) is 0 Å². The summed E-state index contributed by atoms with van der Waals surface area (Å²) < 4.78 is 4.58. The molecule has 2 nitrogen and oxygen atoms in total. The molecule has 0 radical (unpaired) electrons. The number of hydrogen-bond donors (Lipinski definition) is 0. The Bertz CT molecular complexity index is 409. The fourth-order valence-corrected chi connectivity index (χ4v) is 1.68. The monoisotopic (exact) mass is 346 g/mol. The van der Waals surface area contributed by atoms with Crippen molar-refractivity contribution < 1.29 is 9.21 Å². The molecule has 0 aliphatic rings. The lowest BCUT2D eigenvalue weighted by Crippen LogP contribution is -1.93. The lowest BCUT2D eigenvalue weighted by Gasteiger charge is -2.01. The van der Waals surface area contributed by atoms with E-state index in [2.05, 4.69) is 57.8 Å². The van der Waals surface area contributed by atoms with E-state index in [1.807, 2.05) is 25.1 Å². The molecule has 0 N–H and O–H groups in total. The van der Waals surface area contributed by atoms with E-state index >= 15 is 0 Å². The second-order valence-corrected chi connectivity index (χ2v) is 6.84. The molecule has 0 bridgehead atoms. The summed E-state index contributed by atoms with van der Waals surface area (Å²) in [6, 6.07) is 3.67. The van der Waals surface area contributed by atoms with Crippen molar-refractivity contribution in [3.63, 3.8) is 0 Å². The van der Waals surface area contributed by atoms with Crippen LogP contribution in [0, 0.1) is 11.8 Å². The number of carbonyl (C=O) groups excluding carboxylic acids is 1. The van der Waals surface area contributed by atoms with Gasteiger partial charge in [-0.05, 0) is 71.4 Å². The van der Waals surface area contributed by atoms with E-state index in [1.165, 1.54) is 24.0 Å². The van der Waals surface area contributed by atoms with E-state index in [4.69, 9.17) is 0 Å². The molecule has 0 saturated heterocycles. The highest BCUT2D eigenvalue weighted by Crippen LogP contribution is 2.07. The topological polar surface area (TPSA) is 30.2 Å². The Kier molecular flexibility index (Phi) is 18.8. The van der Waals surface area contributed by atoms with Crippen molar-refractivity contribution in [2.24, 2.45) is 11.8 Å². The van der Waals surface area contributed by atoms with E-state index in [-0.39, 0.29) is 5.92 Å². The first kappa shape index (κ1) is 25.4. The number of aldehydes is 1. The van der Waals surface area contributed by atoms with Gasteiger partial charge < -0.3 is 9.21 Å². The zero-order valence-electron chi connectivity index (χ0n) is 17.1. The Labute approximate surface area is 155 Å². The van der Waals surface area contributed by atoms with Gasteiger partial charge >= 0.3 is 0 Å². The standard InChI is InChI=1S/C10H18.C9H16O.C4H4O/c1-5-10(4)8-6-7-9(2)3;1-8(2)5-4-6-9(3)7-10;1-2-4-5-3-1/h5,7,10H,1,6,8H2,2-4H3;5,7,9H,4,6H2,1-3H3;1-4H. The van der Waals surface area contributed by atoms with Crippen molar-refractivity contribution >= 4 is 6.29 Å². The quantitative estimate of drug-likeness (QED) is 0.362. The molecule has 2 unspecified atom stereocenters. The van der Waals surface area contributed by atoms with Gasteiger partial charge in [-0.1, -0.05) is 43.2 Å². The van der Waals surface area contributed by atoms with E-state index in [9.17, 15) is 4.79 Å². The molecule has 2 heteroatoms. The van der Waals surface area contributed by atoms with Gasteiger partial charge in [0.15, 0.2) is 0 Å². The zero-order valence-corrected chi connectivity index (χ0v) is 17.1. The van der Waals surface area contributed by atoms with Crippen LogP contribution in [0.25, 0.3) is 0 Å². The molecule has 0 spiro atoms. The van der Waals surface area contributed by atoms with Gasteiger partial charge in [0.05, 0.1) is 12.5 Å². The molecule has 1 aromatic rings. The first-order chi connectivity index (χ1) is 11.8. The van der Waals surface area contributed by atoms with Crippen LogP contribution in [0.15, 0.2) is 65.0 Å². The van der Waals surface area contributed by atoms with Gasteiger partial charge in [-0.25, -0.2) is 0 Å². The van der Waals surface area contributed by atoms with Gasteiger partial charge in [0, 0.05) is 5.92 Å². The van der Waals surface area contributed by atoms with Crippen LogP contribution in [-0.2, 0) is 4.79 Å². The number of hydrogen-bond acceptors (Lipinski definition) is 2. The summed E-state index contributed by atoms with van der Waals surface area (Å²) in [6.07, 6.45) is 15.2. The minimum Gasteiger partial charge on any atom is -0.473 e. The van der Waals surface area contributed by atoms with Gasteiger partial charge in [-0.15, -0.1) is 6.58 Å². The van der Waals surface area contributed by atoms with E-state index in [0.29, 0.717) is 5.92 Å². The molecule has 1 aromatic heterocycles. The number of allylic oxidation sites excluding steroid dienone is 5. The summed E-state index contributed by atoms with van der Waals surface area (Å²) >= 11 is 0. The van der Waals surface area contributed by atoms with E-state index in [1.54, 1.807) is 12.5 Å². The highest BCUT2D eigenvalue weighted by molar-refractivity contribution is 5.52. The normalized spacial score (nSPS) is 11.4. The third kappa shape index (κ3) is 24.5. The molecular formula is C23H38O2. The molecule has 142 valence electrons. The van der Waals surface area contributed by atoms with Crippen molar-refractivity contribution in [3.8, 4) is 0 Å². The smallest absolute Gasteiger partial charge is 0.122 e. The van der Waals surface area contributed by atoms with Crippen LogP contribution in [0.4, 0.5) is 0 Å². The van der Waals surface area contributed by atoms with Crippen LogP contribution in [0.5, 0.6) is 0 Å². The SMILES string of the molecule is C=CC(C)CCC=C(C)C.CC(C)=CCCC(C)C=O.c1ccoc1. The van der Waals surface area contributed by atoms with Gasteiger partial charge in [-0.2, -0.15) is 0 Å². The third-order valence-corrected chi connectivity index (χ3v) is 3.41. The summed E-state index contributed by atoms with van der Waals surface area (Å²) in [6.45, 7) is 16.3. The largest absolute Gasteiger partial charge is 0.473 e. The summed E-state index contributed by atoms with van der Waals surface area (Å²) in [4.78, 5) is 10.2. The molecule has 0 aromatic carbocycles. The number of furan rings is 1. The lowest BCUT2D eigenvalue weighted by atomic mass is 10.1.